The molecule has 0 bridgehead atoms. The Kier molecular flexibility index (Phi) is 7.48. The number of guanidine groups is 1. The summed E-state index contributed by atoms with van der Waals surface area (Å²) in [6, 6.07) is 20.1. The number of pyridine rings is 1. The van der Waals surface area contributed by atoms with Gasteiger partial charge in [0.1, 0.15) is 11.6 Å². The first-order chi connectivity index (χ1) is 16.2. The van der Waals surface area contributed by atoms with Crippen molar-refractivity contribution in [3.8, 4) is 11.5 Å². The lowest BCUT2D eigenvalue weighted by atomic mass is 10.1. The van der Waals surface area contributed by atoms with Crippen molar-refractivity contribution < 1.29 is 9.13 Å². The van der Waals surface area contributed by atoms with Crippen LogP contribution in [0.2, 0.25) is 0 Å². The molecule has 0 saturated carbocycles. The number of halogens is 1. The molecule has 4 rings (SSSR count). The molecule has 0 aliphatic heterocycles. The lowest BCUT2D eigenvalue weighted by molar-refractivity contribution is 0.441. The summed E-state index contributed by atoms with van der Waals surface area (Å²) in [7, 11) is 1.73. The lowest BCUT2D eigenvalue weighted by Gasteiger charge is -2.12. The number of aryl methyl sites for hydroxylation is 1. The number of aliphatic imine (C=N–C) groups is 1. The Morgan fingerprint density at radius 1 is 0.970 bits per heavy atom. The lowest BCUT2D eigenvalue weighted by Crippen LogP contribution is -2.38. The summed E-state index contributed by atoms with van der Waals surface area (Å²) in [5.41, 5.74) is 1.74. The third-order valence-corrected chi connectivity index (χ3v) is 5.15. The molecular formula is C25H27FN6O. The highest BCUT2D eigenvalue weighted by Crippen LogP contribution is 2.25. The zero-order valence-corrected chi connectivity index (χ0v) is 18.5. The Morgan fingerprint density at radius 2 is 1.79 bits per heavy atom. The monoisotopic (exact) mass is 446 g/mol. The Hall–Kier alpha value is -3.94. The van der Waals surface area contributed by atoms with Gasteiger partial charge in [0.15, 0.2) is 23.2 Å². The van der Waals surface area contributed by atoms with Crippen LogP contribution in [0, 0.1) is 5.82 Å². The molecule has 0 aliphatic carbocycles. The quantitative estimate of drug-likeness (QED) is 0.231. The van der Waals surface area contributed by atoms with Crippen molar-refractivity contribution in [2.45, 2.75) is 19.3 Å². The molecule has 2 aromatic heterocycles. The van der Waals surface area contributed by atoms with Gasteiger partial charge in [-0.3, -0.25) is 9.39 Å². The largest absolute Gasteiger partial charge is 0.454 e. The summed E-state index contributed by atoms with van der Waals surface area (Å²) in [6.07, 6.45) is 4.34. The number of ether oxygens (including phenoxy) is 1. The molecule has 33 heavy (non-hydrogen) atoms. The maximum absolute atomic E-state index is 14.4. The molecule has 0 aliphatic rings. The van der Waals surface area contributed by atoms with Crippen molar-refractivity contribution in [3.05, 3.63) is 90.1 Å². The topological polar surface area (TPSA) is 75.8 Å². The fourth-order valence-corrected chi connectivity index (χ4v) is 3.46. The maximum Gasteiger partial charge on any atom is 0.190 e. The zero-order valence-electron chi connectivity index (χ0n) is 18.5. The number of hydrogen-bond donors (Lipinski definition) is 2. The number of nitrogens with zero attached hydrogens (tertiary/aromatic N) is 4. The van der Waals surface area contributed by atoms with Crippen LogP contribution >= 0.6 is 0 Å². The highest BCUT2D eigenvalue weighted by Gasteiger charge is 2.07. The summed E-state index contributed by atoms with van der Waals surface area (Å²) >= 11 is 0. The van der Waals surface area contributed by atoms with Crippen LogP contribution in [0.3, 0.4) is 0 Å². The smallest absolute Gasteiger partial charge is 0.190 e. The molecule has 0 fully saturated rings. The van der Waals surface area contributed by atoms with Crippen molar-refractivity contribution in [1.29, 1.82) is 0 Å². The van der Waals surface area contributed by atoms with E-state index in [0.29, 0.717) is 24.7 Å². The second-order valence-electron chi connectivity index (χ2n) is 7.50. The highest BCUT2D eigenvalue weighted by molar-refractivity contribution is 5.79. The van der Waals surface area contributed by atoms with Crippen LogP contribution in [-0.4, -0.2) is 40.7 Å². The molecule has 0 amide bonds. The highest BCUT2D eigenvalue weighted by atomic mass is 19.1. The SMILES string of the molecule is CN=C(NCCCc1nnc2ccccn12)NCCc1ccc(Oc2ccccc2)c(F)c1. The molecule has 4 aromatic rings. The molecule has 0 saturated heterocycles. The Labute approximate surface area is 192 Å². The first-order valence-electron chi connectivity index (χ1n) is 11.0. The van der Waals surface area contributed by atoms with Gasteiger partial charge in [0.25, 0.3) is 0 Å². The van der Waals surface area contributed by atoms with Crippen LogP contribution in [-0.2, 0) is 12.8 Å². The average molecular weight is 447 g/mol. The maximum atomic E-state index is 14.4. The number of nitrogens with one attached hydrogen (secondary N) is 2. The van der Waals surface area contributed by atoms with Gasteiger partial charge in [-0.1, -0.05) is 30.3 Å². The van der Waals surface area contributed by atoms with Crippen LogP contribution in [0.15, 0.2) is 77.9 Å². The summed E-state index contributed by atoms with van der Waals surface area (Å²) in [6.45, 7) is 1.38. The number of aromatic nitrogens is 3. The van der Waals surface area contributed by atoms with E-state index in [1.165, 1.54) is 6.07 Å². The van der Waals surface area contributed by atoms with E-state index in [9.17, 15) is 4.39 Å². The van der Waals surface area contributed by atoms with E-state index < -0.39 is 0 Å². The fraction of sp³-hybridized carbons (Fsp3) is 0.240. The van der Waals surface area contributed by atoms with E-state index in [2.05, 4.69) is 25.8 Å². The molecule has 8 heteroatoms. The second-order valence-corrected chi connectivity index (χ2v) is 7.50. The minimum absolute atomic E-state index is 0.218. The van der Waals surface area contributed by atoms with Crippen LogP contribution in [0.25, 0.3) is 5.65 Å². The average Bonchev–Trinajstić information content (AvgIpc) is 3.26. The van der Waals surface area contributed by atoms with Crippen molar-refractivity contribution in [2.24, 2.45) is 4.99 Å². The van der Waals surface area contributed by atoms with E-state index in [0.717, 1.165) is 36.4 Å². The molecule has 0 spiro atoms. The van der Waals surface area contributed by atoms with Crippen molar-refractivity contribution >= 4 is 11.6 Å². The third-order valence-electron chi connectivity index (χ3n) is 5.15. The Balaban J connectivity index is 1.19. The molecule has 0 atom stereocenters. The van der Waals surface area contributed by atoms with Crippen LogP contribution < -0.4 is 15.4 Å². The zero-order chi connectivity index (χ0) is 22.9. The van der Waals surface area contributed by atoms with Gasteiger partial charge in [-0.05, 0) is 54.8 Å². The van der Waals surface area contributed by atoms with Gasteiger partial charge < -0.3 is 15.4 Å². The molecular weight excluding hydrogens is 419 g/mol. The van der Waals surface area contributed by atoms with Gasteiger partial charge in [-0.15, -0.1) is 10.2 Å². The minimum Gasteiger partial charge on any atom is -0.454 e. The normalized spacial score (nSPS) is 11.5. The minimum atomic E-state index is -0.375. The van der Waals surface area contributed by atoms with Gasteiger partial charge >= 0.3 is 0 Å². The van der Waals surface area contributed by atoms with E-state index in [1.807, 2.05) is 53.1 Å². The van der Waals surface area contributed by atoms with Crippen LogP contribution in [0.1, 0.15) is 17.8 Å². The van der Waals surface area contributed by atoms with E-state index >= 15 is 0 Å². The van der Waals surface area contributed by atoms with Crippen molar-refractivity contribution in [2.75, 3.05) is 20.1 Å². The van der Waals surface area contributed by atoms with E-state index in [-0.39, 0.29) is 11.6 Å². The molecule has 170 valence electrons. The van der Waals surface area contributed by atoms with E-state index in [4.69, 9.17) is 4.74 Å². The van der Waals surface area contributed by atoms with Gasteiger partial charge in [0, 0.05) is 32.8 Å². The second kappa shape index (κ2) is 11.1. The molecule has 2 heterocycles. The van der Waals surface area contributed by atoms with Crippen LogP contribution in [0.5, 0.6) is 11.5 Å². The van der Waals surface area contributed by atoms with Gasteiger partial charge in [-0.2, -0.15) is 0 Å². The van der Waals surface area contributed by atoms with E-state index in [1.54, 1.807) is 25.2 Å². The van der Waals surface area contributed by atoms with Crippen LogP contribution in [0.4, 0.5) is 4.39 Å². The number of rotatable bonds is 9. The number of fused-ring (bicyclic) bond motifs is 1. The summed E-state index contributed by atoms with van der Waals surface area (Å²) in [5.74, 6) is 2.11. The number of hydrogen-bond acceptors (Lipinski definition) is 4. The molecule has 0 radical (unpaired) electrons. The van der Waals surface area contributed by atoms with Crippen molar-refractivity contribution in [1.82, 2.24) is 25.2 Å². The fourth-order valence-electron chi connectivity index (χ4n) is 3.46. The summed E-state index contributed by atoms with van der Waals surface area (Å²) in [5, 5.41) is 15.0. The third kappa shape index (κ3) is 6.06. The van der Waals surface area contributed by atoms with Crippen molar-refractivity contribution in [3.63, 3.8) is 0 Å². The van der Waals surface area contributed by atoms with Gasteiger partial charge in [-0.25, -0.2) is 4.39 Å². The predicted octanol–water partition coefficient (Wildman–Crippen LogP) is 4.00. The number of benzene rings is 2. The molecule has 2 aromatic carbocycles. The summed E-state index contributed by atoms with van der Waals surface area (Å²) in [4.78, 5) is 4.25. The van der Waals surface area contributed by atoms with Gasteiger partial charge in [0.2, 0.25) is 0 Å². The molecule has 7 nitrogen and oxygen atoms in total. The predicted molar refractivity (Wildman–Crippen MR) is 127 cm³/mol. The Morgan fingerprint density at radius 3 is 2.61 bits per heavy atom. The Bertz CT molecular complexity index is 1210. The molecule has 2 N–H and O–H groups in total. The summed E-state index contributed by atoms with van der Waals surface area (Å²) < 4.78 is 22.0. The van der Waals surface area contributed by atoms with Gasteiger partial charge in [0.05, 0.1) is 0 Å². The first kappa shape index (κ1) is 22.3. The first-order valence-corrected chi connectivity index (χ1v) is 11.0. The molecule has 0 unspecified atom stereocenters. The number of para-hydroxylation sites is 1. The standard InChI is InChI=1S/C25H27FN6O/c1-27-25(28-15-7-11-24-31-30-23-10-5-6-17-32(23)24)29-16-14-19-12-13-22(21(26)18-19)33-20-8-3-2-4-9-20/h2-6,8-10,12-13,17-18H,7,11,14-16H2,1H3,(H2,27,28,29).